The summed E-state index contributed by atoms with van der Waals surface area (Å²) < 4.78 is 13.0. The Labute approximate surface area is 174 Å². The number of rotatable bonds is 7. The smallest absolute Gasteiger partial charge is 0.341 e. The first-order valence-electron chi connectivity index (χ1n) is 9.52. The van der Waals surface area contributed by atoms with E-state index in [4.69, 9.17) is 21.1 Å². The van der Waals surface area contributed by atoms with Crippen LogP contribution in [0.25, 0.3) is 11.3 Å². The minimum absolute atomic E-state index is 0.131. The van der Waals surface area contributed by atoms with Gasteiger partial charge < -0.3 is 24.5 Å². The third-order valence-corrected chi connectivity index (χ3v) is 5.35. The lowest BCUT2D eigenvalue weighted by atomic mass is 10.0. The van der Waals surface area contributed by atoms with Gasteiger partial charge in [0.25, 0.3) is 0 Å². The number of aromatic carboxylic acids is 1. The van der Waals surface area contributed by atoms with E-state index < -0.39 is 11.4 Å². The Hall–Kier alpha value is -2.51. The maximum Gasteiger partial charge on any atom is 0.341 e. The predicted octanol–water partition coefficient (Wildman–Crippen LogP) is 3.90. The Balaban J connectivity index is 2.09. The van der Waals surface area contributed by atoms with Gasteiger partial charge in [0.05, 0.1) is 22.4 Å². The van der Waals surface area contributed by atoms with Crippen molar-refractivity contribution in [1.82, 2.24) is 4.57 Å². The predicted molar refractivity (Wildman–Crippen MR) is 112 cm³/mol. The SMILES string of the molecule is COCCCNc1cc2c(cc1Cl)-c1cc(=O)c(C(=O)O)cn1[C@H](C(C)C)CO2. The second-order valence-electron chi connectivity index (χ2n) is 7.37. The molecule has 2 N–H and O–H groups in total. The van der Waals surface area contributed by atoms with Crippen molar-refractivity contribution in [3.05, 3.63) is 45.2 Å². The molecule has 0 fully saturated rings. The van der Waals surface area contributed by atoms with E-state index >= 15 is 0 Å². The normalized spacial score (nSPS) is 15.3. The molecule has 2 heterocycles. The van der Waals surface area contributed by atoms with Gasteiger partial charge in [0.2, 0.25) is 0 Å². The van der Waals surface area contributed by atoms with Gasteiger partial charge >= 0.3 is 5.97 Å². The number of anilines is 1. The lowest BCUT2D eigenvalue weighted by Crippen LogP contribution is -2.25. The highest BCUT2D eigenvalue weighted by atomic mass is 35.5. The fourth-order valence-corrected chi connectivity index (χ4v) is 3.65. The van der Waals surface area contributed by atoms with Crippen LogP contribution in [0.15, 0.2) is 29.2 Å². The van der Waals surface area contributed by atoms with Crippen LogP contribution in [0.4, 0.5) is 5.69 Å². The lowest BCUT2D eigenvalue weighted by Gasteiger charge is -2.24. The van der Waals surface area contributed by atoms with Gasteiger partial charge in [-0.1, -0.05) is 25.4 Å². The van der Waals surface area contributed by atoms with Gasteiger partial charge in [-0.2, -0.15) is 0 Å². The van der Waals surface area contributed by atoms with Gasteiger partial charge in [0, 0.05) is 44.2 Å². The van der Waals surface area contributed by atoms with E-state index in [-0.39, 0.29) is 17.5 Å². The van der Waals surface area contributed by atoms with E-state index in [9.17, 15) is 14.7 Å². The highest BCUT2D eigenvalue weighted by molar-refractivity contribution is 6.33. The van der Waals surface area contributed by atoms with Gasteiger partial charge in [-0.3, -0.25) is 4.79 Å². The molecule has 7 nitrogen and oxygen atoms in total. The van der Waals surface area contributed by atoms with E-state index in [1.165, 1.54) is 12.3 Å². The summed E-state index contributed by atoms with van der Waals surface area (Å²) in [4.78, 5) is 23.9. The van der Waals surface area contributed by atoms with E-state index in [1.807, 2.05) is 24.5 Å². The highest BCUT2D eigenvalue weighted by Gasteiger charge is 2.27. The standard InChI is InChI=1S/C21H25ClN2O5/c1-12(2)18-11-29-20-8-16(23-5-4-6-28-3)15(22)7-13(20)17-9-19(25)14(21(26)27)10-24(17)18/h7-10,12,18,23H,4-6,11H2,1-3H3,(H,26,27)/t18-/m0/s1. The fourth-order valence-electron chi connectivity index (χ4n) is 3.42. The van der Waals surface area contributed by atoms with Crippen LogP contribution in [0, 0.1) is 5.92 Å². The minimum atomic E-state index is -1.24. The van der Waals surface area contributed by atoms with Crippen molar-refractivity contribution in [3.63, 3.8) is 0 Å². The average molecular weight is 421 g/mol. The number of carboxylic acids is 1. The summed E-state index contributed by atoms with van der Waals surface area (Å²) in [6.45, 7) is 5.75. The van der Waals surface area contributed by atoms with Crippen molar-refractivity contribution in [2.24, 2.45) is 5.92 Å². The van der Waals surface area contributed by atoms with Crippen LogP contribution in [0.5, 0.6) is 5.75 Å². The van der Waals surface area contributed by atoms with Crippen molar-refractivity contribution in [1.29, 1.82) is 0 Å². The van der Waals surface area contributed by atoms with Crippen LogP contribution in [-0.2, 0) is 4.74 Å². The van der Waals surface area contributed by atoms with Crippen LogP contribution < -0.4 is 15.5 Å². The third kappa shape index (κ3) is 4.41. The second-order valence-corrected chi connectivity index (χ2v) is 7.78. The summed E-state index contributed by atoms with van der Waals surface area (Å²) in [6, 6.07) is 4.80. The molecule has 156 valence electrons. The topological polar surface area (TPSA) is 89.8 Å². The van der Waals surface area contributed by atoms with E-state index in [0.717, 1.165) is 12.1 Å². The Bertz CT molecular complexity index is 970. The van der Waals surface area contributed by atoms with Crippen LogP contribution in [0.2, 0.25) is 5.02 Å². The molecule has 0 saturated carbocycles. The summed E-state index contributed by atoms with van der Waals surface area (Å²) in [5.41, 5.74) is 1.19. The highest BCUT2D eigenvalue weighted by Crippen LogP contribution is 2.41. The van der Waals surface area contributed by atoms with Crippen molar-refractivity contribution in [2.75, 3.05) is 32.2 Å². The molecule has 1 aromatic heterocycles. The lowest BCUT2D eigenvalue weighted by molar-refractivity contribution is 0.0694. The maximum absolute atomic E-state index is 12.4. The molecule has 1 aromatic carbocycles. The largest absolute Gasteiger partial charge is 0.491 e. The number of ether oxygens (including phenoxy) is 2. The van der Waals surface area contributed by atoms with E-state index in [1.54, 1.807) is 13.2 Å². The number of nitrogens with one attached hydrogen (secondary N) is 1. The zero-order valence-corrected chi connectivity index (χ0v) is 17.5. The molecule has 0 aliphatic carbocycles. The molecule has 0 amide bonds. The summed E-state index contributed by atoms with van der Waals surface area (Å²) in [6.07, 6.45) is 2.24. The van der Waals surface area contributed by atoms with E-state index in [0.29, 0.717) is 41.8 Å². The number of carboxylic acid groups (broad SMARTS) is 1. The Morgan fingerprint density at radius 3 is 2.83 bits per heavy atom. The number of hydrogen-bond donors (Lipinski definition) is 2. The molecule has 0 bridgehead atoms. The molecule has 0 saturated heterocycles. The minimum Gasteiger partial charge on any atom is -0.491 e. The number of halogens is 1. The molecule has 1 aliphatic heterocycles. The number of aromatic nitrogens is 1. The molecular formula is C21H25ClN2O5. The molecule has 1 aliphatic rings. The zero-order chi connectivity index (χ0) is 21.1. The maximum atomic E-state index is 12.4. The van der Waals surface area contributed by atoms with Gasteiger partial charge in [-0.05, 0) is 18.4 Å². The number of methoxy groups -OCH3 is 1. The molecule has 1 atom stereocenters. The summed E-state index contributed by atoms with van der Waals surface area (Å²) in [5.74, 6) is -0.482. The molecule has 8 heteroatoms. The van der Waals surface area contributed by atoms with Crippen molar-refractivity contribution in [3.8, 4) is 17.0 Å². The number of hydrogen-bond acceptors (Lipinski definition) is 5. The molecule has 29 heavy (non-hydrogen) atoms. The van der Waals surface area contributed by atoms with Gasteiger partial charge in [0.15, 0.2) is 5.43 Å². The van der Waals surface area contributed by atoms with Crippen molar-refractivity contribution in [2.45, 2.75) is 26.3 Å². The molecule has 0 spiro atoms. The summed E-state index contributed by atoms with van der Waals surface area (Å²) >= 11 is 6.48. The third-order valence-electron chi connectivity index (χ3n) is 5.03. The van der Waals surface area contributed by atoms with Crippen molar-refractivity contribution < 1.29 is 19.4 Å². The number of carbonyl (C=O) groups is 1. The van der Waals surface area contributed by atoms with Crippen LogP contribution in [-0.4, -0.2) is 42.5 Å². The van der Waals surface area contributed by atoms with Crippen LogP contribution in [0.1, 0.15) is 36.7 Å². The molecule has 2 aromatic rings. The van der Waals surface area contributed by atoms with Gasteiger partial charge in [-0.25, -0.2) is 4.79 Å². The van der Waals surface area contributed by atoms with Gasteiger partial charge in [-0.15, -0.1) is 0 Å². The Morgan fingerprint density at radius 1 is 1.41 bits per heavy atom. The number of pyridine rings is 1. The molecular weight excluding hydrogens is 396 g/mol. The summed E-state index contributed by atoms with van der Waals surface area (Å²) in [5, 5.41) is 13.1. The fraction of sp³-hybridized carbons (Fsp3) is 0.429. The number of fused-ring (bicyclic) bond motifs is 3. The van der Waals surface area contributed by atoms with Crippen LogP contribution >= 0.6 is 11.6 Å². The first-order chi connectivity index (χ1) is 13.8. The monoisotopic (exact) mass is 420 g/mol. The summed E-state index contributed by atoms with van der Waals surface area (Å²) in [7, 11) is 1.66. The first-order valence-corrected chi connectivity index (χ1v) is 9.90. The Morgan fingerprint density at radius 2 is 2.17 bits per heavy atom. The first kappa shape index (κ1) is 21.2. The molecule has 3 rings (SSSR count). The zero-order valence-electron chi connectivity index (χ0n) is 16.7. The second kappa shape index (κ2) is 8.88. The Kier molecular flexibility index (Phi) is 6.49. The van der Waals surface area contributed by atoms with Gasteiger partial charge in [0.1, 0.15) is 17.9 Å². The number of nitrogens with zero attached hydrogens (tertiary/aromatic N) is 1. The molecule has 0 radical (unpaired) electrons. The average Bonchev–Trinajstić information content (AvgIpc) is 2.81. The molecule has 0 unspecified atom stereocenters. The van der Waals surface area contributed by atoms with Crippen molar-refractivity contribution >= 4 is 23.3 Å². The van der Waals surface area contributed by atoms with Crippen LogP contribution in [0.3, 0.4) is 0 Å². The quantitative estimate of drug-likeness (QED) is 0.660. The number of benzene rings is 1. The van der Waals surface area contributed by atoms with E-state index in [2.05, 4.69) is 5.32 Å².